The zero-order valence-electron chi connectivity index (χ0n) is 18.3. The second-order valence-corrected chi connectivity index (χ2v) is 7.64. The van der Waals surface area contributed by atoms with Gasteiger partial charge in [0.05, 0.1) is 12.2 Å². The molecule has 7 nitrogen and oxygen atoms in total. The van der Waals surface area contributed by atoms with E-state index in [-0.39, 0.29) is 11.9 Å². The minimum atomic E-state index is -0.394. The van der Waals surface area contributed by atoms with E-state index in [1.54, 1.807) is 36.1 Å². The van der Waals surface area contributed by atoms with E-state index >= 15 is 0 Å². The van der Waals surface area contributed by atoms with E-state index in [0.29, 0.717) is 36.5 Å². The largest absolute Gasteiger partial charge is 0.462 e. The molecule has 0 spiro atoms. The van der Waals surface area contributed by atoms with E-state index in [4.69, 9.17) is 4.74 Å². The Kier molecular flexibility index (Phi) is 6.69. The number of carbonyl (C=O) groups excluding carboxylic acids is 3. The number of amides is 3. The summed E-state index contributed by atoms with van der Waals surface area (Å²) in [6, 6.07) is 21.3. The summed E-state index contributed by atoms with van der Waals surface area (Å²) in [5, 5.41) is 5.58. The highest BCUT2D eigenvalue weighted by molar-refractivity contribution is 6.07. The molecule has 3 amide bonds. The van der Waals surface area contributed by atoms with Crippen molar-refractivity contribution in [2.75, 3.05) is 23.4 Å². The van der Waals surface area contributed by atoms with Crippen LogP contribution in [0.5, 0.6) is 0 Å². The molecule has 168 valence electrons. The molecule has 0 aliphatic carbocycles. The Bertz CT molecular complexity index is 1160. The lowest BCUT2D eigenvalue weighted by Gasteiger charge is -2.17. The van der Waals surface area contributed by atoms with Crippen LogP contribution in [0.4, 0.5) is 16.2 Å². The zero-order valence-corrected chi connectivity index (χ0v) is 18.3. The fourth-order valence-electron chi connectivity index (χ4n) is 3.77. The molecule has 0 unspecified atom stereocenters. The number of rotatable bonds is 6. The third kappa shape index (κ3) is 5.20. The van der Waals surface area contributed by atoms with Gasteiger partial charge in [0.2, 0.25) is 0 Å². The summed E-state index contributed by atoms with van der Waals surface area (Å²) in [5.41, 5.74) is 4.64. The highest BCUT2D eigenvalue weighted by atomic mass is 16.5. The normalized spacial score (nSPS) is 12.1. The Hall–Kier alpha value is -4.13. The van der Waals surface area contributed by atoms with E-state index in [2.05, 4.69) is 10.6 Å². The molecule has 1 aliphatic rings. The molecule has 33 heavy (non-hydrogen) atoms. The molecule has 2 N–H and O–H groups in total. The van der Waals surface area contributed by atoms with Crippen molar-refractivity contribution >= 4 is 29.3 Å². The molecule has 0 bridgehead atoms. The maximum Gasteiger partial charge on any atom is 0.338 e. The summed E-state index contributed by atoms with van der Waals surface area (Å²) in [7, 11) is 0. The molecule has 4 rings (SSSR count). The molecule has 0 aromatic heterocycles. The van der Waals surface area contributed by atoms with Crippen molar-refractivity contribution in [3.63, 3.8) is 0 Å². The second-order valence-electron chi connectivity index (χ2n) is 7.64. The van der Waals surface area contributed by atoms with E-state index in [0.717, 1.165) is 23.2 Å². The highest BCUT2D eigenvalue weighted by Gasteiger charge is 2.25. The van der Waals surface area contributed by atoms with E-state index in [1.165, 1.54) is 0 Å². The van der Waals surface area contributed by atoms with E-state index in [1.807, 2.05) is 48.5 Å². The van der Waals surface area contributed by atoms with Crippen LogP contribution in [0.3, 0.4) is 0 Å². The predicted octanol–water partition coefficient (Wildman–Crippen LogP) is 4.39. The number of carbonyl (C=O) groups is 3. The number of nitrogens with zero attached hydrogens (tertiary/aromatic N) is 1. The van der Waals surface area contributed by atoms with Gasteiger partial charge in [0.25, 0.3) is 5.91 Å². The first-order chi connectivity index (χ1) is 16.0. The first-order valence-corrected chi connectivity index (χ1v) is 10.9. The lowest BCUT2D eigenvalue weighted by Crippen LogP contribution is -2.29. The number of fused-ring (bicyclic) bond motifs is 1. The quantitative estimate of drug-likeness (QED) is 0.553. The van der Waals surface area contributed by atoms with Gasteiger partial charge < -0.3 is 20.3 Å². The maximum atomic E-state index is 12.8. The summed E-state index contributed by atoms with van der Waals surface area (Å²) in [5.74, 6) is -0.400. The Morgan fingerprint density at radius 1 is 0.939 bits per heavy atom. The lowest BCUT2D eigenvalue weighted by molar-refractivity contribution is 0.0526. The number of hydrogen-bond donors (Lipinski definition) is 2. The van der Waals surface area contributed by atoms with Crippen molar-refractivity contribution < 1.29 is 19.1 Å². The topological polar surface area (TPSA) is 87.7 Å². The second kappa shape index (κ2) is 9.99. The molecule has 0 saturated heterocycles. The molecule has 3 aromatic rings. The fourth-order valence-corrected chi connectivity index (χ4v) is 3.77. The smallest absolute Gasteiger partial charge is 0.338 e. The van der Waals surface area contributed by atoms with Crippen LogP contribution in [0.2, 0.25) is 0 Å². The standard InChI is InChI=1S/C26H25N3O4/c1-2-33-25(31)20-9-11-22(12-10-20)28-26(32)27-17-18-8-13-23-21(16-18)14-15-29(23)24(30)19-6-4-3-5-7-19/h3-13,16H,2,14-15,17H2,1H3,(H2,27,28,32). The Morgan fingerprint density at radius 3 is 2.42 bits per heavy atom. The first kappa shape index (κ1) is 22.1. The number of esters is 1. The van der Waals surface area contributed by atoms with Crippen LogP contribution in [-0.4, -0.2) is 31.1 Å². The summed E-state index contributed by atoms with van der Waals surface area (Å²) >= 11 is 0. The van der Waals surface area contributed by atoms with Crippen LogP contribution in [-0.2, 0) is 17.7 Å². The van der Waals surface area contributed by atoms with Crippen LogP contribution in [0, 0.1) is 0 Å². The number of urea groups is 1. The third-order valence-corrected chi connectivity index (χ3v) is 5.41. The van der Waals surface area contributed by atoms with Crippen molar-refractivity contribution in [1.29, 1.82) is 0 Å². The van der Waals surface area contributed by atoms with Crippen LogP contribution >= 0.6 is 0 Å². The number of anilines is 2. The van der Waals surface area contributed by atoms with Crippen molar-refractivity contribution in [1.82, 2.24) is 5.32 Å². The Morgan fingerprint density at radius 2 is 1.70 bits per heavy atom. The van der Waals surface area contributed by atoms with Gasteiger partial charge in [0, 0.05) is 30.0 Å². The first-order valence-electron chi connectivity index (χ1n) is 10.9. The fraction of sp³-hybridized carbons (Fsp3) is 0.192. The molecule has 1 heterocycles. The van der Waals surface area contributed by atoms with Gasteiger partial charge in [0.1, 0.15) is 0 Å². The van der Waals surface area contributed by atoms with Gasteiger partial charge in [-0.25, -0.2) is 9.59 Å². The van der Waals surface area contributed by atoms with Crippen molar-refractivity contribution in [3.05, 3.63) is 95.1 Å². The zero-order chi connectivity index (χ0) is 23.2. The average molecular weight is 444 g/mol. The SMILES string of the molecule is CCOC(=O)c1ccc(NC(=O)NCc2ccc3c(c2)CCN3C(=O)c2ccccc2)cc1. The average Bonchev–Trinajstić information content (AvgIpc) is 3.27. The number of hydrogen-bond acceptors (Lipinski definition) is 4. The number of benzene rings is 3. The van der Waals surface area contributed by atoms with Crippen LogP contribution in [0.15, 0.2) is 72.8 Å². The van der Waals surface area contributed by atoms with Crippen LogP contribution in [0.25, 0.3) is 0 Å². The number of ether oxygens (including phenoxy) is 1. The molecule has 3 aromatic carbocycles. The molecule has 1 aliphatic heterocycles. The highest BCUT2D eigenvalue weighted by Crippen LogP contribution is 2.30. The van der Waals surface area contributed by atoms with Crippen LogP contribution in [0.1, 0.15) is 38.8 Å². The maximum absolute atomic E-state index is 12.8. The van der Waals surface area contributed by atoms with Gasteiger partial charge in [-0.05, 0) is 66.9 Å². The summed E-state index contributed by atoms with van der Waals surface area (Å²) in [4.78, 5) is 38.6. The minimum absolute atomic E-state index is 0.00595. The molecule has 0 radical (unpaired) electrons. The molecular weight excluding hydrogens is 418 g/mol. The third-order valence-electron chi connectivity index (χ3n) is 5.41. The van der Waals surface area contributed by atoms with Gasteiger partial charge in [0.15, 0.2) is 0 Å². The van der Waals surface area contributed by atoms with Gasteiger partial charge in [-0.3, -0.25) is 4.79 Å². The van der Waals surface area contributed by atoms with Gasteiger partial charge in [-0.15, -0.1) is 0 Å². The van der Waals surface area contributed by atoms with E-state index < -0.39 is 5.97 Å². The van der Waals surface area contributed by atoms with Crippen molar-refractivity contribution in [3.8, 4) is 0 Å². The molecule has 0 fully saturated rings. The number of nitrogens with one attached hydrogen (secondary N) is 2. The molecule has 0 saturated carbocycles. The monoisotopic (exact) mass is 443 g/mol. The Labute approximate surface area is 192 Å². The lowest BCUT2D eigenvalue weighted by atomic mass is 10.1. The molecular formula is C26H25N3O4. The molecule has 0 atom stereocenters. The summed E-state index contributed by atoms with van der Waals surface area (Å²) < 4.78 is 4.95. The van der Waals surface area contributed by atoms with Gasteiger partial charge >= 0.3 is 12.0 Å². The van der Waals surface area contributed by atoms with Crippen molar-refractivity contribution in [2.45, 2.75) is 19.9 Å². The van der Waals surface area contributed by atoms with Crippen molar-refractivity contribution in [2.24, 2.45) is 0 Å². The van der Waals surface area contributed by atoms with Gasteiger partial charge in [-0.2, -0.15) is 0 Å². The predicted molar refractivity (Wildman–Crippen MR) is 127 cm³/mol. The van der Waals surface area contributed by atoms with Gasteiger partial charge in [-0.1, -0.05) is 30.3 Å². The summed E-state index contributed by atoms with van der Waals surface area (Å²) in [6.45, 7) is 3.06. The minimum Gasteiger partial charge on any atom is -0.462 e. The molecule has 7 heteroatoms. The Balaban J connectivity index is 1.33. The van der Waals surface area contributed by atoms with Crippen LogP contribution < -0.4 is 15.5 Å². The summed E-state index contributed by atoms with van der Waals surface area (Å²) in [6.07, 6.45) is 0.779. The van der Waals surface area contributed by atoms with E-state index in [9.17, 15) is 14.4 Å².